The van der Waals surface area contributed by atoms with Gasteiger partial charge in [-0.1, -0.05) is 78.9 Å². The van der Waals surface area contributed by atoms with E-state index in [-0.39, 0.29) is 33.6 Å². The topological polar surface area (TPSA) is 153 Å². The molecule has 0 aliphatic rings. The molecule has 2 aromatic heterocycles. The quantitative estimate of drug-likeness (QED) is 0.155. The second kappa shape index (κ2) is 18.8. The first-order valence-electron chi connectivity index (χ1n) is 24.4. The molecular weight excluding hydrogens is 974 g/mol. The van der Waals surface area contributed by atoms with Gasteiger partial charge in [0, 0.05) is 32.7 Å². The van der Waals surface area contributed by atoms with Crippen LogP contribution in [-0.2, 0) is 6.18 Å². The van der Waals surface area contributed by atoms with Gasteiger partial charge >= 0.3 is 6.18 Å². The molecule has 8 nitrogen and oxygen atoms in total. The predicted octanol–water partition coefficient (Wildman–Crippen LogP) is 16.5. The van der Waals surface area contributed by atoms with Gasteiger partial charge in [0.2, 0.25) is 0 Å². The van der Waals surface area contributed by atoms with Crippen molar-refractivity contribution in [1.82, 2.24) is 9.13 Å². The van der Waals surface area contributed by atoms with E-state index >= 15 is 13.2 Å². The fraction of sp³-hybridized carbons (Fsp3) is 0.0149. The standard InChI is InChI=1S/C67H33F3N8/c68-67(69,70)59-15-5-14-52(38-75)66(59)58-33-64(77-60-20-16-48(44-10-1-6-40(24-44)34-71)28-54(60)55-29-49(17-21-61(55)77)45-11-2-7-41(25-45)35-72)53(39-76)32-65(58)78-62-22-18-50(46-12-3-8-42(26-46)36-73)30-56(62)57-31-51(19-23-63(57)78)47-13-4-9-43(27-47)37-74/h1-33H. The van der Waals surface area contributed by atoms with E-state index < -0.39 is 11.7 Å². The first kappa shape index (κ1) is 47.5. The Bertz CT molecular complexity index is 4590. The predicted molar refractivity (Wildman–Crippen MR) is 296 cm³/mol. The van der Waals surface area contributed by atoms with Crippen molar-refractivity contribution < 1.29 is 13.2 Å². The van der Waals surface area contributed by atoms with Crippen molar-refractivity contribution in [2.75, 3.05) is 0 Å². The van der Waals surface area contributed by atoms with Gasteiger partial charge in [0.25, 0.3) is 0 Å². The lowest BCUT2D eigenvalue weighted by molar-refractivity contribution is -0.137. The van der Waals surface area contributed by atoms with Crippen LogP contribution in [0.15, 0.2) is 200 Å². The van der Waals surface area contributed by atoms with Crippen molar-refractivity contribution in [1.29, 1.82) is 31.6 Å². The zero-order valence-corrected chi connectivity index (χ0v) is 40.8. The van der Waals surface area contributed by atoms with Crippen LogP contribution in [0.4, 0.5) is 13.2 Å². The molecule has 0 saturated carbocycles. The number of aromatic nitrogens is 2. The molecule has 12 rings (SSSR count). The number of benzene rings is 10. The van der Waals surface area contributed by atoms with Gasteiger partial charge in [-0.3, -0.25) is 0 Å². The summed E-state index contributed by atoms with van der Waals surface area (Å²) in [5.41, 5.74) is 9.36. The number of nitrogens with zero attached hydrogens (tertiary/aromatic N) is 8. The summed E-state index contributed by atoms with van der Waals surface area (Å²) in [7, 11) is 0. The minimum absolute atomic E-state index is 0.0220. The largest absolute Gasteiger partial charge is 0.417 e. The number of hydrogen-bond acceptors (Lipinski definition) is 6. The van der Waals surface area contributed by atoms with E-state index in [2.05, 4.69) is 36.4 Å². The van der Waals surface area contributed by atoms with Crippen molar-refractivity contribution in [3.8, 4) is 103 Å². The van der Waals surface area contributed by atoms with Crippen molar-refractivity contribution in [2.24, 2.45) is 0 Å². The van der Waals surface area contributed by atoms with Crippen LogP contribution < -0.4 is 0 Å². The minimum atomic E-state index is -4.93. The molecule has 2 heterocycles. The highest BCUT2D eigenvalue weighted by Gasteiger charge is 2.36. The van der Waals surface area contributed by atoms with Gasteiger partial charge in [-0.15, -0.1) is 0 Å². The molecule has 0 aliphatic carbocycles. The molecule has 362 valence electrons. The van der Waals surface area contributed by atoms with Crippen LogP contribution in [0.2, 0.25) is 0 Å². The van der Waals surface area contributed by atoms with Crippen molar-refractivity contribution in [3.05, 3.63) is 239 Å². The fourth-order valence-corrected chi connectivity index (χ4v) is 10.8. The van der Waals surface area contributed by atoms with Crippen LogP contribution >= 0.6 is 0 Å². The third-order valence-electron chi connectivity index (χ3n) is 14.3. The third kappa shape index (κ3) is 7.99. The zero-order chi connectivity index (χ0) is 53.8. The summed E-state index contributed by atoms with van der Waals surface area (Å²) in [5, 5.41) is 64.3. The van der Waals surface area contributed by atoms with Crippen LogP contribution in [0.5, 0.6) is 0 Å². The van der Waals surface area contributed by atoms with E-state index in [1.807, 2.05) is 106 Å². The molecule has 0 fully saturated rings. The number of fused-ring (bicyclic) bond motifs is 6. The number of halogens is 3. The number of nitriles is 6. The van der Waals surface area contributed by atoms with Gasteiger partial charge in [0.1, 0.15) is 6.07 Å². The maximum Gasteiger partial charge on any atom is 0.417 e. The number of alkyl halides is 3. The Morgan fingerprint density at radius 2 is 0.641 bits per heavy atom. The van der Waals surface area contributed by atoms with E-state index in [1.165, 1.54) is 12.1 Å². The van der Waals surface area contributed by atoms with Gasteiger partial charge in [-0.05, 0) is 166 Å². The summed E-state index contributed by atoms with van der Waals surface area (Å²) in [6, 6.07) is 71.7. The molecule has 11 heteroatoms. The molecule has 0 aliphatic heterocycles. The van der Waals surface area contributed by atoms with Crippen LogP contribution in [-0.4, -0.2) is 9.13 Å². The first-order chi connectivity index (χ1) is 38.0. The molecular formula is C67H33F3N8. The van der Waals surface area contributed by atoms with Crippen LogP contribution in [0.25, 0.3) is 111 Å². The molecule has 0 amide bonds. The second-order valence-electron chi connectivity index (χ2n) is 18.7. The Balaban J connectivity index is 1.19. The monoisotopic (exact) mass is 1010 g/mol. The summed E-state index contributed by atoms with van der Waals surface area (Å²) < 4.78 is 50.8. The Morgan fingerprint density at radius 3 is 0.974 bits per heavy atom. The Morgan fingerprint density at radius 1 is 0.308 bits per heavy atom. The van der Waals surface area contributed by atoms with Crippen molar-refractivity contribution in [2.45, 2.75) is 6.18 Å². The number of rotatable bonds is 7. The van der Waals surface area contributed by atoms with E-state index in [0.29, 0.717) is 55.1 Å². The summed E-state index contributed by atoms with van der Waals surface area (Å²) in [6.07, 6.45) is -4.93. The van der Waals surface area contributed by atoms with Gasteiger partial charge in [-0.2, -0.15) is 44.7 Å². The summed E-state index contributed by atoms with van der Waals surface area (Å²) >= 11 is 0. The maximum atomic E-state index is 15.7. The lowest BCUT2D eigenvalue weighted by Gasteiger charge is -2.22. The molecule has 78 heavy (non-hydrogen) atoms. The molecule has 12 aromatic rings. The van der Waals surface area contributed by atoms with Gasteiger partial charge < -0.3 is 9.13 Å². The van der Waals surface area contributed by atoms with Gasteiger partial charge in [0.05, 0.1) is 103 Å². The molecule has 10 aromatic carbocycles. The van der Waals surface area contributed by atoms with E-state index in [1.54, 1.807) is 84.9 Å². The van der Waals surface area contributed by atoms with Gasteiger partial charge in [0.15, 0.2) is 0 Å². The third-order valence-corrected chi connectivity index (χ3v) is 14.3. The lowest BCUT2D eigenvalue weighted by atomic mass is 9.91. The van der Waals surface area contributed by atoms with E-state index in [9.17, 15) is 31.6 Å². The fourth-order valence-electron chi connectivity index (χ4n) is 10.8. The zero-order valence-electron chi connectivity index (χ0n) is 40.8. The molecule has 0 radical (unpaired) electrons. The molecule has 0 unspecified atom stereocenters. The Hall–Kier alpha value is -11.5. The Labute approximate surface area is 444 Å². The lowest BCUT2D eigenvalue weighted by Crippen LogP contribution is -2.11. The highest BCUT2D eigenvalue weighted by Crippen LogP contribution is 2.47. The second-order valence-corrected chi connectivity index (χ2v) is 18.7. The van der Waals surface area contributed by atoms with Gasteiger partial charge in [-0.25, -0.2) is 0 Å². The van der Waals surface area contributed by atoms with Crippen LogP contribution in [0.3, 0.4) is 0 Å². The highest BCUT2D eigenvalue weighted by atomic mass is 19.4. The molecule has 0 saturated heterocycles. The Kier molecular flexibility index (Phi) is 11.4. The van der Waals surface area contributed by atoms with E-state index in [0.717, 1.165) is 61.3 Å². The molecule has 0 atom stereocenters. The highest BCUT2D eigenvalue weighted by molar-refractivity contribution is 6.14. The molecule has 0 N–H and O–H groups in total. The van der Waals surface area contributed by atoms with E-state index in [4.69, 9.17) is 0 Å². The summed E-state index contributed by atoms with van der Waals surface area (Å²) in [5.74, 6) is 0. The smallest absolute Gasteiger partial charge is 0.309 e. The summed E-state index contributed by atoms with van der Waals surface area (Å²) in [6.45, 7) is 0. The molecule has 0 spiro atoms. The van der Waals surface area contributed by atoms with Crippen LogP contribution in [0, 0.1) is 68.0 Å². The van der Waals surface area contributed by atoms with Crippen LogP contribution in [0.1, 0.15) is 38.9 Å². The van der Waals surface area contributed by atoms with Crippen molar-refractivity contribution >= 4 is 43.6 Å². The average molecular weight is 1010 g/mol. The molecule has 0 bridgehead atoms. The SMILES string of the molecule is N#Cc1cccc(-c2ccc3c(c2)c2cc(-c4cccc(C#N)c4)ccc2n3-c2cc(-c3c(C#N)cccc3C(F)(F)F)c(-n3c4ccc(-c5cccc(C#N)c5)cc4c4cc(-c5cccc(C#N)c5)ccc43)cc2C#N)c1. The summed E-state index contributed by atoms with van der Waals surface area (Å²) in [4.78, 5) is 0. The first-order valence-corrected chi connectivity index (χ1v) is 24.4. The average Bonchev–Trinajstić information content (AvgIpc) is 4.22. The minimum Gasteiger partial charge on any atom is -0.309 e. The van der Waals surface area contributed by atoms with Crippen molar-refractivity contribution in [3.63, 3.8) is 0 Å². The normalized spacial score (nSPS) is 11.2. The number of hydrogen-bond donors (Lipinski definition) is 0. The maximum absolute atomic E-state index is 15.7.